The highest BCUT2D eigenvalue weighted by Gasteiger charge is 2.52. The average molecular weight is 351 g/mol. The maximum atomic E-state index is 12.6. The summed E-state index contributed by atoms with van der Waals surface area (Å²) in [4.78, 5) is 28.9. The Bertz CT molecular complexity index is 479. The second-order valence-electron chi connectivity index (χ2n) is 8.41. The Balaban J connectivity index is 1.51. The Hall–Kier alpha value is -1.10. The van der Waals surface area contributed by atoms with Crippen molar-refractivity contribution in [2.45, 2.75) is 83.4 Å². The molecule has 3 aliphatic rings. The lowest BCUT2D eigenvalue weighted by Crippen LogP contribution is -2.70. The fourth-order valence-corrected chi connectivity index (χ4v) is 5.07. The van der Waals surface area contributed by atoms with Crippen molar-refractivity contribution in [3.8, 4) is 0 Å². The number of carbonyl (C=O) groups is 2. The molecule has 0 bridgehead atoms. The third-order valence-corrected chi connectivity index (χ3v) is 6.50. The zero-order valence-corrected chi connectivity index (χ0v) is 16.1. The SMILES string of the molecule is COC1C(=O)N(C(C)C)C1C1CCN(C(=O)CC2CCCCC2)CC1. The van der Waals surface area contributed by atoms with Crippen molar-refractivity contribution < 1.29 is 14.3 Å². The van der Waals surface area contributed by atoms with E-state index in [1.54, 1.807) is 7.11 Å². The highest BCUT2D eigenvalue weighted by Crippen LogP contribution is 2.36. The first kappa shape index (κ1) is 18.7. The summed E-state index contributed by atoms with van der Waals surface area (Å²) in [5, 5.41) is 0. The predicted octanol–water partition coefficient (Wildman–Crippen LogP) is 2.83. The summed E-state index contributed by atoms with van der Waals surface area (Å²) in [7, 11) is 1.63. The Kier molecular flexibility index (Phi) is 6.03. The molecule has 2 heterocycles. The van der Waals surface area contributed by atoms with Crippen LogP contribution in [0, 0.1) is 11.8 Å². The number of piperidine rings is 1. The van der Waals surface area contributed by atoms with E-state index in [4.69, 9.17) is 4.74 Å². The minimum atomic E-state index is -0.281. The van der Waals surface area contributed by atoms with Crippen LogP contribution >= 0.6 is 0 Å². The fraction of sp³-hybridized carbons (Fsp3) is 0.900. The number of hydrogen-bond acceptors (Lipinski definition) is 3. The molecule has 0 spiro atoms. The zero-order chi connectivity index (χ0) is 18.0. The molecule has 2 saturated heterocycles. The van der Waals surface area contributed by atoms with Gasteiger partial charge in [-0.25, -0.2) is 0 Å². The highest BCUT2D eigenvalue weighted by molar-refractivity contribution is 5.88. The van der Waals surface area contributed by atoms with Gasteiger partial charge in [-0.1, -0.05) is 19.3 Å². The number of nitrogens with zero attached hydrogens (tertiary/aromatic N) is 2. The van der Waals surface area contributed by atoms with Gasteiger partial charge in [-0.3, -0.25) is 9.59 Å². The maximum absolute atomic E-state index is 12.6. The van der Waals surface area contributed by atoms with Crippen LogP contribution in [0.3, 0.4) is 0 Å². The number of methoxy groups -OCH3 is 1. The van der Waals surface area contributed by atoms with Crippen LogP contribution in [0.1, 0.15) is 65.2 Å². The largest absolute Gasteiger partial charge is 0.369 e. The molecule has 2 unspecified atom stereocenters. The van der Waals surface area contributed by atoms with E-state index in [0.29, 0.717) is 17.7 Å². The molecule has 0 aromatic rings. The van der Waals surface area contributed by atoms with E-state index in [9.17, 15) is 9.59 Å². The zero-order valence-electron chi connectivity index (χ0n) is 16.1. The summed E-state index contributed by atoms with van der Waals surface area (Å²) in [5.74, 6) is 1.53. The lowest BCUT2D eigenvalue weighted by molar-refractivity contribution is -0.182. The quantitative estimate of drug-likeness (QED) is 0.717. The number of β-lactam (4-membered cyclic amide) rings is 1. The number of amides is 2. The molecular weight excluding hydrogens is 316 g/mol. The van der Waals surface area contributed by atoms with Crippen molar-refractivity contribution in [3.05, 3.63) is 0 Å². The fourth-order valence-electron chi connectivity index (χ4n) is 5.07. The standard InChI is InChI=1S/C20H34N2O3/c1-14(2)22-18(19(25-3)20(22)24)16-9-11-21(12-10-16)17(23)13-15-7-5-4-6-8-15/h14-16,18-19H,4-13H2,1-3H3. The summed E-state index contributed by atoms with van der Waals surface area (Å²) in [6.45, 7) is 5.81. The third kappa shape index (κ3) is 3.86. The molecule has 2 aliphatic heterocycles. The second-order valence-corrected chi connectivity index (χ2v) is 8.41. The van der Waals surface area contributed by atoms with Crippen molar-refractivity contribution in [3.63, 3.8) is 0 Å². The van der Waals surface area contributed by atoms with Gasteiger partial charge in [0.05, 0.1) is 6.04 Å². The van der Waals surface area contributed by atoms with Gasteiger partial charge >= 0.3 is 0 Å². The number of likely N-dealkylation sites (tertiary alicyclic amines) is 2. The van der Waals surface area contributed by atoms with Gasteiger partial charge in [-0.15, -0.1) is 0 Å². The van der Waals surface area contributed by atoms with E-state index in [0.717, 1.165) is 32.4 Å². The van der Waals surface area contributed by atoms with Crippen LogP contribution in [-0.2, 0) is 14.3 Å². The monoisotopic (exact) mass is 350 g/mol. The van der Waals surface area contributed by atoms with Crippen molar-refractivity contribution in [1.82, 2.24) is 9.80 Å². The van der Waals surface area contributed by atoms with Crippen molar-refractivity contribution >= 4 is 11.8 Å². The van der Waals surface area contributed by atoms with Gasteiger partial charge in [0.15, 0.2) is 6.10 Å². The Morgan fingerprint density at radius 1 is 1.12 bits per heavy atom. The maximum Gasteiger partial charge on any atom is 0.254 e. The van der Waals surface area contributed by atoms with Gasteiger partial charge in [-0.05, 0) is 51.4 Å². The molecule has 1 saturated carbocycles. The van der Waals surface area contributed by atoms with E-state index >= 15 is 0 Å². The van der Waals surface area contributed by atoms with Gasteiger partial charge < -0.3 is 14.5 Å². The molecule has 5 nitrogen and oxygen atoms in total. The van der Waals surface area contributed by atoms with Crippen molar-refractivity contribution in [2.75, 3.05) is 20.2 Å². The van der Waals surface area contributed by atoms with Crippen LogP contribution in [0.4, 0.5) is 0 Å². The molecule has 2 amide bonds. The van der Waals surface area contributed by atoms with Gasteiger partial charge in [-0.2, -0.15) is 0 Å². The first-order valence-corrected chi connectivity index (χ1v) is 10.2. The average Bonchev–Trinajstić information content (AvgIpc) is 2.60. The van der Waals surface area contributed by atoms with Crippen LogP contribution in [-0.4, -0.2) is 60.0 Å². The molecule has 0 N–H and O–H groups in total. The molecule has 0 aromatic heterocycles. The lowest BCUT2D eigenvalue weighted by atomic mass is 9.79. The second kappa shape index (κ2) is 8.07. The summed E-state index contributed by atoms with van der Waals surface area (Å²) in [6, 6.07) is 0.406. The minimum absolute atomic E-state index is 0.123. The first-order chi connectivity index (χ1) is 12.0. The Morgan fingerprint density at radius 3 is 2.32 bits per heavy atom. The number of rotatable bonds is 5. The molecule has 3 fully saturated rings. The molecule has 0 radical (unpaired) electrons. The van der Waals surface area contributed by atoms with E-state index in [2.05, 4.69) is 18.7 Å². The van der Waals surface area contributed by atoms with E-state index in [1.807, 2.05) is 4.90 Å². The van der Waals surface area contributed by atoms with Gasteiger partial charge in [0.25, 0.3) is 5.91 Å². The van der Waals surface area contributed by atoms with Crippen LogP contribution < -0.4 is 0 Å². The normalized spacial score (nSPS) is 29.2. The van der Waals surface area contributed by atoms with E-state index < -0.39 is 0 Å². The Labute approximate surface area is 152 Å². The molecule has 5 heteroatoms. The van der Waals surface area contributed by atoms with Crippen LogP contribution in [0.5, 0.6) is 0 Å². The van der Waals surface area contributed by atoms with Gasteiger partial charge in [0.2, 0.25) is 5.91 Å². The molecule has 142 valence electrons. The van der Waals surface area contributed by atoms with Gasteiger partial charge in [0.1, 0.15) is 0 Å². The minimum Gasteiger partial charge on any atom is -0.369 e. The van der Waals surface area contributed by atoms with Crippen molar-refractivity contribution in [2.24, 2.45) is 11.8 Å². The number of ether oxygens (including phenoxy) is 1. The smallest absolute Gasteiger partial charge is 0.254 e. The van der Waals surface area contributed by atoms with Crippen molar-refractivity contribution in [1.29, 1.82) is 0 Å². The summed E-state index contributed by atoms with van der Waals surface area (Å²) in [5.41, 5.74) is 0. The highest BCUT2D eigenvalue weighted by atomic mass is 16.5. The topological polar surface area (TPSA) is 49.9 Å². The lowest BCUT2D eigenvalue weighted by Gasteiger charge is -2.53. The molecular formula is C20H34N2O3. The van der Waals surface area contributed by atoms with Gasteiger partial charge in [0, 0.05) is 32.7 Å². The van der Waals surface area contributed by atoms with E-state index in [1.165, 1.54) is 32.1 Å². The molecule has 0 aromatic carbocycles. The third-order valence-electron chi connectivity index (χ3n) is 6.50. The molecule has 3 rings (SSSR count). The molecule has 2 atom stereocenters. The number of hydrogen-bond donors (Lipinski definition) is 0. The summed E-state index contributed by atoms with van der Waals surface area (Å²) < 4.78 is 5.45. The molecule has 25 heavy (non-hydrogen) atoms. The first-order valence-electron chi connectivity index (χ1n) is 10.2. The molecule has 1 aliphatic carbocycles. The van der Waals surface area contributed by atoms with Crippen LogP contribution in [0.15, 0.2) is 0 Å². The summed E-state index contributed by atoms with van der Waals surface area (Å²) in [6.07, 6.45) is 8.80. The van der Waals surface area contributed by atoms with E-state index in [-0.39, 0.29) is 24.1 Å². The Morgan fingerprint density at radius 2 is 1.76 bits per heavy atom. The number of carbonyl (C=O) groups excluding carboxylic acids is 2. The predicted molar refractivity (Wildman–Crippen MR) is 97.1 cm³/mol. The summed E-state index contributed by atoms with van der Waals surface area (Å²) >= 11 is 0. The van der Waals surface area contributed by atoms with Crippen LogP contribution in [0.2, 0.25) is 0 Å². The van der Waals surface area contributed by atoms with Crippen LogP contribution in [0.25, 0.3) is 0 Å².